The lowest BCUT2D eigenvalue weighted by Gasteiger charge is -2.36. The minimum Gasteiger partial charge on any atom is -0.342 e. The molecule has 1 amide bonds. The second-order valence-electron chi connectivity index (χ2n) is 6.44. The van der Waals surface area contributed by atoms with E-state index in [0.717, 1.165) is 32.4 Å². The highest BCUT2D eigenvalue weighted by Crippen LogP contribution is 2.26. The van der Waals surface area contributed by atoms with Gasteiger partial charge in [0.1, 0.15) is 0 Å². The summed E-state index contributed by atoms with van der Waals surface area (Å²) in [5.41, 5.74) is 0.965. The second kappa shape index (κ2) is 6.62. The molecule has 20 heavy (non-hydrogen) atoms. The van der Waals surface area contributed by atoms with Crippen molar-refractivity contribution in [3.8, 4) is 0 Å². The molecule has 0 N–H and O–H groups in total. The summed E-state index contributed by atoms with van der Waals surface area (Å²) in [5, 5.41) is 0. The first-order chi connectivity index (χ1) is 9.53. The van der Waals surface area contributed by atoms with Crippen LogP contribution in [-0.2, 0) is 11.2 Å². The fourth-order valence-electron chi connectivity index (χ4n) is 2.77. The van der Waals surface area contributed by atoms with Crippen molar-refractivity contribution in [2.45, 2.75) is 33.1 Å². The van der Waals surface area contributed by atoms with Crippen molar-refractivity contribution in [1.29, 1.82) is 0 Å². The van der Waals surface area contributed by atoms with Crippen molar-refractivity contribution in [1.82, 2.24) is 4.90 Å². The topological polar surface area (TPSA) is 20.3 Å². The van der Waals surface area contributed by atoms with E-state index >= 15 is 0 Å². The molecule has 0 spiro atoms. The number of benzene rings is 1. The van der Waals surface area contributed by atoms with E-state index in [4.69, 9.17) is 11.6 Å². The number of carbonyl (C=O) groups is 1. The first kappa shape index (κ1) is 15.4. The Labute approximate surface area is 127 Å². The van der Waals surface area contributed by atoms with Gasteiger partial charge in [-0.15, -0.1) is 11.6 Å². The van der Waals surface area contributed by atoms with Crippen molar-refractivity contribution >= 4 is 17.5 Å². The highest BCUT2D eigenvalue weighted by Gasteiger charge is 2.33. The number of amides is 1. The Morgan fingerprint density at radius 3 is 2.40 bits per heavy atom. The molecule has 1 aromatic rings. The van der Waals surface area contributed by atoms with E-state index in [0.29, 0.717) is 11.8 Å². The molecule has 1 heterocycles. The van der Waals surface area contributed by atoms with E-state index in [1.54, 1.807) is 0 Å². The Morgan fingerprint density at radius 1 is 1.25 bits per heavy atom. The molecule has 0 atom stereocenters. The lowest BCUT2D eigenvalue weighted by Crippen LogP contribution is -2.46. The average molecular weight is 294 g/mol. The zero-order valence-corrected chi connectivity index (χ0v) is 13.2. The molecule has 1 aliphatic heterocycles. The Balaban J connectivity index is 1.85. The SMILES string of the molecule is CC(C)(CCl)C(=O)N1CCC(Cc2ccccc2)CC1. The molecule has 0 saturated carbocycles. The average Bonchev–Trinajstić information content (AvgIpc) is 2.48. The molecule has 2 rings (SSSR count). The van der Waals surface area contributed by atoms with Gasteiger partial charge >= 0.3 is 0 Å². The number of alkyl halides is 1. The predicted molar refractivity (Wildman–Crippen MR) is 84.0 cm³/mol. The maximum atomic E-state index is 12.4. The van der Waals surface area contributed by atoms with Crippen molar-refractivity contribution in [3.63, 3.8) is 0 Å². The number of halogens is 1. The van der Waals surface area contributed by atoms with Crippen LogP contribution >= 0.6 is 11.6 Å². The van der Waals surface area contributed by atoms with Crippen LogP contribution in [0.2, 0.25) is 0 Å². The smallest absolute Gasteiger partial charge is 0.229 e. The zero-order chi connectivity index (χ0) is 14.6. The predicted octanol–water partition coefficient (Wildman–Crippen LogP) is 3.73. The van der Waals surface area contributed by atoms with Crippen molar-refractivity contribution in [2.75, 3.05) is 19.0 Å². The highest BCUT2D eigenvalue weighted by atomic mass is 35.5. The van der Waals surface area contributed by atoms with Gasteiger partial charge in [0.25, 0.3) is 0 Å². The summed E-state index contributed by atoms with van der Waals surface area (Å²) in [6.45, 7) is 5.60. The summed E-state index contributed by atoms with van der Waals surface area (Å²) >= 11 is 5.90. The molecular formula is C17H24ClNO. The number of hydrogen-bond donors (Lipinski definition) is 0. The van der Waals surface area contributed by atoms with Crippen molar-refractivity contribution in [2.24, 2.45) is 11.3 Å². The van der Waals surface area contributed by atoms with Gasteiger partial charge in [-0.05, 0) is 44.6 Å². The van der Waals surface area contributed by atoms with Gasteiger partial charge < -0.3 is 4.90 Å². The normalized spacial score (nSPS) is 17.2. The molecule has 1 aromatic carbocycles. The van der Waals surface area contributed by atoms with Gasteiger partial charge in [0.2, 0.25) is 5.91 Å². The van der Waals surface area contributed by atoms with Gasteiger partial charge in [0.05, 0.1) is 5.41 Å². The summed E-state index contributed by atoms with van der Waals surface area (Å²) in [7, 11) is 0. The van der Waals surface area contributed by atoms with Gasteiger partial charge in [0.15, 0.2) is 0 Å². The number of nitrogens with zero attached hydrogens (tertiary/aromatic N) is 1. The molecule has 0 aromatic heterocycles. The van der Waals surface area contributed by atoms with Crippen LogP contribution in [0.1, 0.15) is 32.3 Å². The molecule has 3 heteroatoms. The zero-order valence-electron chi connectivity index (χ0n) is 12.4. The van der Waals surface area contributed by atoms with E-state index in [1.807, 2.05) is 18.7 Å². The van der Waals surface area contributed by atoms with Crippen LogP contribution < -0.4 is 0 Å². The maximum Gasteiger partial charge on any atom is 0.229 e. The number of carbonyl (C=O) groups excluding carboxylic acids is 1. The van der Waals surface area contributed by atoms with Gasteiger partial charge in [0, 0.05) is 19.0 Å². The lowest BCUT2D eigenvalue weighted by molar-refractivity contribution is -0.140. The first-order valence-electron chi connectivity index (χ1n) is 7.42. The van der Waals surface area contributed by atoms with Crippen LogP contribution in [0.4, 0.5) is 0 Å². The number of piperidine rings is 1. The third-order valence-electron chi connectivity index (χ3n) is 4.18. The van der Waals surface area contributed by atoms with Crippen LogP contribution in [0.3, 0.4) is 0 Å². The fraction of sp³-hybridized carbons (Fsp3) is 0.588. The van der Waals surface area contributed by atoms with E-state index in [9.17, 15) is 4.79 Å². The van der Waals surface area contributed by atoms with Crippen molar-refractivity contribution < 1.29 is 4.79 Å². The van der Waals surface area contributed by atoms with E-state index in [1.165, 1.54) is 5.56 Å². The quantitative estimate of drug-likeness (QED) is 0.775. The molecule has 0 bridgehead atoms. The van der Waals surface area contributed by atoms with Gasteiger partial charge in [-0.3, -0.25) is 4.79 Å². The van der Waals surface area contributed by atoms with Crippen molar-refractivity contribution in [3.05, 3.63) is 35.9 Å². The summed E-state index contributed by atoms with van der Waals surface area (Å²) in [6.07, 6.45) is 3.32. The van der Waals surface area contributed by atoms with Crippen LogP contribution in [0.5, 0.6) is 0 Å². The van der Waals surface area contributed by atoms with Crippen LogP contribution in [0, 0.1) is 11.3 Å². The van der Waals surface area contributed by atoms with Gasteiger partial charge in [-0.25, -0.2) is 0 Å². The molecule has 2 nitrogen and oxygen atoms in total. The third-order valence-corrected chi connectivity index (χ3v) is 4.85. The fourth-order valence-corrected chi connectivity index (χ4v) is 2.89. The third kappa shape index (κ3) is 3.76. The molecule has 1 saturated heterocycles. The largest absolute Gasteiger partial charge is 0.342 e. The summed E-state index contributed by atoms with van der Waals surface area (Å²) in [6, 6.07) is 10.6. The lowest BCUT2D eigenvalue weighted by atomic mass is 9.88. The monoisotopic (exact) mass is 293 g/mol. The van der Waals surface area contributed by atoms with Gasteiger partial charge in [-0.1, -0.05) is 30.3 Å². The first-order valence-corrected chi connectivity index (χ1v) is 7.95. The molecule has 1 fully saturated rings. The van der Waals surface area contributed by atoms with Gasteiger partial charge in [-0.2, -0.15) is 0 Å². The molecular weight excluding hydrogens is 270 g/mol. The Morgan fingerprint density at radius 2 is 1.85 bits per heavy atom. The Bertz CT molecular complexity index is 436. The maximum absolute atomic E-state index is 12.4. The molecule has 0 aliphatic carbocycles. The number of likely N-dealkylation sites (tertiary alicyclic amines) is 1. The van der Waals surface area contributed by atoms with Crippen LogP contribution in [-0.4, -0.2) is 29.8 Å². The Hall–Kier alpha value is -1.02. The number of hydrogen-bond acceptors (Lipinski definition) is 1. The van der Waals surface area contributed by atoms with Crippen LogP contribution in [0.15, 0.2) is 30.3 Å². The minimum atomic E-state index is -0.437. The highest BCUT2D eigenvalue weighted by molar-refractivity contribution is 6.19. The molecule has 0 radical (unpaired) electrons. The summed E-state index contributed by atoms with van der Waals surface area (Å²) in [4.78, 5) is 14.3. The van der Waals surface area contributed by atoms with E-state index < -0.39 is 5.41 Å². The molecule has 1 aliphatic rings. The summed E-state index contributed by atoms with van der Waals surface area (Å²) < 4.78 is 0. The number of rotatable bonds is 4. The van der Waals surface area contributed by atoms with E-state index in [-0.39, 0.29) is 5.91 Å². The van der Waals surface area contributed by atoms with Crippen LogP contribution in [0.25, 0.3) is 0 Å². The Kier molecular flexibility index (Phi) is 5.09. The van der Waals surface area contributed by atoms with E-state index in [2.05, 4.69) is 30.3 Å². The standard InChI is InChI=1S/C17H24ClNO/c1-17(2,13-18)16(20)19-10-8-15(9-11-19)12-14-6-4-3-5-7-14/h3-7,15H,8-13H2,1-2H3. The second-order valence-corrected chi connectivity index (χ2v) is 6.71. The minimum absolute atomic E-state index is 0.200. The summed E-state index contributed by atoms with van der Waals surface area (Å²) in [5.74, 6) is 1.28. The molecule has 110 valence electrons. The molecule has 0 unspecified atom stereocenters.